The summed E-state index contributed by atoms with van der Waals surface area (Å²) in [5, 5.41) is 0. The Kier molecular flexibility index (Phi) is 4.12. The first-order valence-electron chi connectivity index (χ1n) is 8.44. The Hall–Kier alpha value is -3.60. The molecule has 5 nitrogen and oxygen atoms in total. The van der Waals surface area contributed by atoms with Crippen LogP contribution in [0.2, 0.25) is 0 Å². The monoisotopic (exact) mass is 359 g/mol. The van der Waals surface area contributed by atoms with Crippen LogP contribution in [0.4, 0.5) is 5.69 Å². The summed E-state index contributed by atoms with van der Waals surface area (Å²) in [4.78, 5) is 26.4. The Morgan fingerprint density at radius 3 is 1.89 bits per heavy atom. The Labute approximate surface area is 156 Å². The summed E-state index contributed by atoms with van der Waals surface area (Å²) >= 11 is 0. The van der Waals surface area contributed by atoms with E-state index in [-0.39, 0.29) is 11.8 Å². The second kappa shape index (κ2) is 6.61. The smallest absolute Gasteiger partial charge is 0.266 e. The lowest BCUT2D eigenvalue weighted by molar-refractivity contribution is 0.0926. The number of rotatable bonds is 4. The highest BCUT2D eigenvalue weighted by Gasteiger charge is 2.36. The third kappa shape index (κ3) is 2.73. The molecule has 1 aliphatic heterocycles. The highest BCUT2D eigenvalue weighted by molar-refractivity contribution is 6.34. The van der Waals surface area contributed by atoms with Gasteiger partial charge >= 0.3 is 0 Å². The Morgan fingerprint density at radius 1 is 0.704 bits per heavy atom. The molecule has 0 fully saturated rings. The van der Waals surface area contributed by atoms with Crippen molar-refractivity contribution in [3.8, 4) is 22.6 Å². The van der Waals surface area contributed by atoms with Crippen LogP contribution >= 0.6 is 0 Å². The van der Waals surface area contributed by atoms with Gasteiger partial charge in [-0.2, -0.15) is 0 Å². The number of imide groups is 1. The first-order chi connectivity index (χ1) is 13.1. The quantitative estimate of drug-likeness (QED) is 0.656. The van der Waals surface area contributed by atoms with Crippen LogP contribution in [0.3, 0.4) is 0 Å². The van der Waals surface area contributed by atoms with Gasteiger partial charge in [0.15, 0.2) is 0 Å². The summed E-state index contributed by atoms with van der Waals surface area (Å²) in [7, 11) is 3.21. The third-order valence-electron chi connectivity index (χ3n) is 4.64. The second-order valence-electron chi connectivity index (χ2n) is 6.10. The van der Waals surface area contributed by atoms with Gasteiger partial charge in [0.05, 0.1) is 31.0 Å². The molecule has 1 heterocycles. The Balaban J connectivity index is 1.68. The molecule has 5 heteroatoms. The van der Waals surface area contributed by atoms with Crippen LogP contribution in [0.5, 0.6) is 11.5 Å². The van der Waals surface area contributed by atoms with Crippen LogP contribution in [0.15, 0.2) is 66.7 Å². The third-order valence-corrected chi connectivity index (χ3v) is 4.64. The van der Waals surface area contributed by atoms with Crippen LogP contribution in [0.25, 0.3) is 11.1 Å². The van der Waals surface area contributed by atoms with Gasteiger partial charge in [0.1, 0.15) is 11.5 Å². The molecule has 0 saturated heterocycles. The van der Waals surface area contributed by atoms with Crippen molar-refractivity contribution in [1.29, 1.82) is 0 Å². The van der Waals surface area contributed by atoms with E-state index in [2.05, 4.69) is 0 Å². The zero-order chi connectivity index (χ0) is 19.0. The maximum absolute atomic E-state index is 12.6. The molecule has 27 heavy (non-hydrogen) atoms. The predicted molar refractivity (Wildman–Crippen MR) is 103 cm³/mol. The van der Waals surface area contributed by atoms with Crippen LogP contribution in [0, 0.1) is 0 Å². The van der Waals surface area contributed by atoms with Crippen molar-refractivity contribution in [2.24, 2.45) is 0 Å². The average molecular weight is 359 g/mol. The predicted octanol–water partition coefficient (Wildman–Crippen LogP) is 4.17. The number of carbonyl (C=O) groups is 2. The van der Waals surface area contributed by atoms with E-state index in [0.29, 0.717) is 28.3 Å². The number of hydrogen-bond acceptors (Lipinski definition) is 4. The number of fused-ring (bicyclic) bond motifs is 1. The molecule has 3 aromatic carbocycles. The topological polar surface area (TPSA) is 55.8 Å². The molecule has 134 valence electrons. The van der Waals surface area contributed by atoms with Gasteiger partial charge in [-0.15, -0.1) is 0 Å². The van der Waals surface area contributed by atoms with Gasteiger partial charge in [-0.05, 0) is 42.0 Å². The first-order valence-corrected chi connectivity index (χ1v) is 8.44. The molecule has 0 aliphatic carbocycles. The number of anilines is 1. The SMILES string of the molecule is COc1ccc(-c2ccc(N3C(=O)c4ccccc4C3=O)cc2)c(OC)c1. The van der Waals surface area contributed by atoms with Gasteiger partial charge in [0.2, 0.25) is 0 Å². The minimum atomic E-state index is -0.301. The lowest BCUT2D eigenvalue weighted by atomic mass is 10.0. The van der Waals surface area contributed by atoms with Crippen LogP contribution in [0.1, 0.15) is 20.7 Å². The zero-order valence-electron chi connectivity index (χ0n) is 14.9. The van der Waals surface area contributed by atoms with Gasteiger partial charge in [0, 0.05) is 11.6 Å². The van der Waals surface area contributed by atoms with E-state index >= 15 is 0 Å². The maximum Gasteiger partial charge on any atom is 0.266 e. The molecule has 0 unspecified atom stereocenters. The highest BCUT2D eigenvalue weighted by Crippen LogP contribution is 2.35. The Morgan fingerprint density at radius 2 is 1.33 bits per heavy atom. The fourth-order valence-corrected chi connectivity index (χ4v) is 3.25. The molecular formula is C22H17NO4. The molecule has 4 rings (SSSR count). The van der Waals surface area contributed by atoms with Crippen molar-refractivity contribution in [3.05, 3.63) is 77.9 Å². The number of ether oxygens (including phenoxy) is 2. The van der Waals surface area contributed by atoms with Gasteiger partial charge in [-0.25, -0.2) is 4.90 Å². The highest BCUT2D eigenvalue weighted by atomic mass is 16.5. The van der Waals surface area contributed by atoms with Gasteiger partial charge in [0.25, 0.3) is 11.8 Å². The number of benzene rings is 3. The Bertz CT molecular complexity index is 1010. The molecule has 0 aromatic heterocycles. The van der Waals surface area contributed by atoms with Gasteiger partial charge < -0.3 is 9.47 Å². The summed E-state index contributed by atoms with van der Waals surface area (Å²) in [5.74, 6) is 0.789. The number of carbonyl (C=O) groups excluding carboxylic acids is 2. The summed E-state index contributed by atoms with van der Waals surface area (Å²) < 4.78 is 10.7. The summed E-state index contributed by atoms with van der Waals surface area (Å²) in [5.41, 5.74) is 3.21. The van der Waals surface area contributed by atoms with E-state index in [9.17, 15) is 9.59 Å². The average Bonchev–Trinajstić information content (AvgIpc) is 2.98. The van der Waals surface area contributed by atoms with Crippen molar-refractivity contribution in [3.63, 3.8) is 0 Å². The van der Waals surface area contributed by atoms with E-state index in [1.54, 1.807) is 50.6 Å². The largest absolute Gasteiger partial charge is 0.497 e. The molecule has 2 amide bonds. The van der Waals surface area contributed by atoms with Crippen molar-refractivity contribution >= 4 is 17.5 Å². The van der Waals surface area contributed by atoms with Gasteiger partial charge in [-0.1, -0.05) is 24.3 Å². The number of hydrogen-bond donors (Lipinski definition) is 0. The van der Waals surface area contributed by atoms with Crippen molar-refractivity contribution < 1.29 is 19.1 Å². The van der Waals surface area contributed by atoms with Crippen molar-refractivity contribution in [1.82, 2.24) is 0 Å². The molecule has 0 radical (unpaired) electrons. The normalized spacial score (nSPS) is 12.9. The molecular weight excluding hydrogens is 342 g/mol. The molecule has 0 saturated carbocycles. The van der Waals surface area contributed by atoms with E-state index in [1.807, 2.05) is 30.3 Å². The van der Waals surface area contributed by atoms with Crippen LogP contribution in [-0.4, -0.2) is 26.0 Å². The summed E-state index contributed by atoms with van der Waals surface area (Å²) in [6.45, 7) is 0. The molecule has 0 spiro atoms. The number of nitrogens with zero attached hydrogens (tertiary/aromatic N) is 1. The van der Waals surface area contributed by atoms with E-state index < -0.39 is 0 Å². The number of amides is 2. The van der Waals surface area contributed by atoms with Crippen molar-refractivity contribution in [2.45, 2.75) is 0 Å². The second-order valence-corrected chi connectivity index (χ2v) is 6.10. The minimum Gasteiger partial charge on any atom is -0.497 e. The minimum absolute atomic E-state index is 0.301. The van der Waals surface area contributed by atoms with Crippen LogP contribution in [-0.2, 0) is 0 Å². The lowest BCUT2D eigenvalue weighted by Crippen LogP contribution is -2.29. The fraction of sp³-hybridized carbons (Fsp3) is 0.0909. The van der Waals surface area contributed by atoms with Crippen LogP contribution < -0.4 is 14.4 Å². The standard InChI is InChI=1S/C22H17NO4/c1-26-16-11-12-17(20(13-16)27-2)14-7-9-15(10-8-14)23-21(24)18-5-3-4-6-19(18)22(23)25/h3-13H,1-2H3. The molecule has 1 aliphatic rings. The van der Waals surface area contributed by atoms with Gasteiger partial charge in [-0.3, -0.25) is 9.59 Å². The van der Waals surface area contributed by atoms with Crippen molar-refractivity contribution in [2.75, 3.05) is 19.1 Å². The molecule has 0 N–H and O–H groups in total. The maximum atomic E-state index is 12.6. The number of methoxy groups -OCH3 is 2. The lowest BCUT2D eigenvalue weighted by Gasteiger charge is -2.15. The first kappa shape index (κ1) is 16.8. The summed E-state index contributed by atoms with van der Waals surface area (Å²) in [6.07, 6.45) is 0. The van der Waals surface area contributed by atoms with E-state index in [4.69, 9.17) is 9.47 Å². The van der Waals surface area contributed by atoms with E-state index in [0.717, 1.165) is 11.1 Å². The molecule has 0 bridgehead atoms. The van der Waals surface area contributed by atoms with E-state index in [1.165, 1.54) is 4.90 Å². The molecule has 3 aromatic rings. The summed E-state index contributed by atoms with van der Waals surface area (Å²) in [6, 6.07) is 19.7. The zero-order valence-corrected chi connectivity index (χ0v) is 14.9. The molecule has 0 atom stereocenters. The fourth-order valence-electron chi connectivity index (χ4n) is 3.25.